The van der Waals surface area contributed by atoms with E-state index >= 15 is 0 Å². The highest BCUT2D eigenvalue weighted by Crippen LogP contribution is 2.22. The molecule has 140 valence electrons. The quantitative estimate of drug-likeness (QED) is 0.661. The molecule has 27 heavy (non-hydrogen) atoms. The average molecular weight is 404 g/mol. The van der Waals surface area contributed by atoms with Crippen LogP contribution in [-0.4, -0.2) is 14.3 Å². The Morgan fingerprint density at radius 1 is 1.11 bits per heavy atom. The van der Waals surface area contributed by atoms with E-state index in [1.165, 1.54) is 24.5 Å². The highest BCUT2D eigenvalue weighted by Gasteiger charge is 2.23. The first-order valence-corrected chi connectivity index (χ1v) is 10.3. The van der Waals surface area contributed by atoms with E-state index < -0.39 is 15.7 Å². The van der Waals surface area contributed by atoms with Crippen LogP contribution in [0.2, 0.25) is 5.02 Å². The van der Waals surface area contributed by atoms with Crippen molar-refractivity contribution in [2.75, 3.05) is 0 Å². The first-order chi connectivity index (χ1) is 12.9. The van der Waals surface area contributed by atoms with Gasteiger partial charge in [0.1, 0.15) is 0 Å². The molecule has 1 aromatic heterocycles. The van der Waals surface area contributed by atoms with Crippen molar-refractivity contribution in [2.24, 2.45) is 0 Å². The molecule has 0 aliphatic carbocycles. The molecular formula is C20H18ClNO4S. The second kappa shape index (κ2) is 7.98. The number of halogens is 1. The molecule has 0 spiro atoms. The normalized spacial score (nSPS) is 12.5. The van der Waals surface area contributed by atoms with Gasteiger partial charge in [0.2, 0.25) is 0 Å². The first-order valence-electron chi connectivity index (χ1n) is 8.27. The van der Waals surface area contributed by atoms with Gasteiger partial charge in [-0.3, -0.25) is 4.79 Å². The van der Waals surface area contributed by atoms with Crippen molar-refractivity contribution in [2.45, 2.75) is 23.6 Å². The fourth-order valence-corrected chi connectivity index (χ4v) is 4.26. The Morgan fingerprint density at radius 2 is 1.85 bits per heavy atom. The van der Waals surface area contributed by atoms with Crippen molar-refractivity contribution in [3.8, 4) is 0 Å². The van der Waals surface area contributed by atoms with E-state index in [0.717, 1.165) is 5.56 Å². The van der Waals surface area contributed by atoms with Crippen molar-refractivity contribution in [1.82, 2.24) is 5.32 Å². The number of sulfone groups is 1. The van der Waals surface area contributed by atoms with Gasteiger partial charge in [0.25, 0.3) is 5.91 Å². The van der Waals surface area contributed by atoms with E-state index in [1.54, 1.807) is 36.4 Å². The predicted molar refractivity (Wildman–Crippen MR) is 103 cm³/mol. The van der Waals surface area contributed by atoms with Crippen LogP contribution in [0.1, 0.15) is 34.6 Å². The summed E-state index contributed by atoms with van der Waals surface area (Å²) < 4.78 is 30.4. The van der Waals surface area contributed by atoms with Gasteiger partial charge in [0.15, 0.2) is 15.6 Å². The van der Waals surface area contributed by atoms with Crippen molar-refractivity contribution in [1.29, 1.82) is 0 Å². The molecular weight excluding hydrogens is 386 g/mol. The van der Waals surface area contributed by atoms with Gasteiger partial charge >= 0.3 is 0 Å². The average Bonchev–Trinajstić information content (AvgIpc) is 3.10. The molecule has 1 unspecified atom stereocenters. The van der Waals surface area contributed by atoms with Crippen LogP contribution in [0.15, 0.2) is 76.2 Å². The molecule has 1 heterocycles. The third-order valence-electron chi connectivity index (χ3n) is 4.10. The second-order valence-corrected chi connectivity index (χ2v) is 8.52. The summed E-state index contributed by atoms with van der Waals surface area (Å²) in [6.07, 6.45) is 1.31. The van der Waals surface area contributed by atoms with Crippen LogP contribution in [0, 0.1) is 0 Å². The minimum atomic E-state index is -3.58. The summed E-state index contributed by atoms with van der Waals surface area (Å²) >= 11 is 5.98. The van der Waals surface area contributed by atoms with Gasteiger partial charge in [-0.25, -0.2) is 8.42 Å². The number of hydrogen-bond donors (Lipinski definition) is 1. The van der Waals surface area contributed by atoms with Crippen LogP contribution in [0.3, 0.4) is 0 Å². The van der Waals surface area contributed by atoms with Crippen LogP contribution < -0.4 is 5.32 Å². The molecule has 0 aliphatic rings. The van der Waals surface area contributed by atoms with Crippen molar-refractivity contribution in [3.05, 3.63) is 88.8 Å². The van der Waals surface area contributed by atoms with Gasteiger partial charge in [-0.1, -0.05) is 41.9 Å². The van der Waals surface area contributed by atoms with E-state index in [9.17, 15) is 13.2 Å². The monoisotopic (exact) mass is 403 g/mol. The molecule has 7 heteroatoms. The second-order valence-electron chi connectivity index (χ2n) is 6.10. The first kappa shape index (κ1) is 19.2. The third kappa shape index (κ3) is 4.59. The Morgan fingerprint density at radius 3 is 2.56 bits per heavy atom. The zero-order valence-corrected chi connectivity index (χ0v) is 16.1. The molecule has 0 fully saturated rings. The Bertz CT molecular complexity index is 1040. The maximum atomic E-state index is 12.6. The number of amides is 1. The van der Waals surface area contributed by atoms with Crippen molar-refractivity contribution in [3.63, 3.8) is 0 Å². The number of carbonyl (C=O) groups is 1. The lowest BCUT2D eigenvalue weighted by molar-refractivity contribution is 0.0911. The summed E-state index contributed by atoms with van der Waals surface area (Å²) in [7, 11) is -3.58. The fourth-order valence-electron chi connectivity index (χ4n) is 2.69. The van der Waals surface area contributed by atoms with E-state index in [4.69, 9.17) is 16.0 Å². The number of furan rings is 1. The Labute approximate surface area is 162 Å². The number of hydrogen-bond acceptors (Lipinski definition) is 4. The highest BCUT2D eigenvalue weighted by atomic mass is 35.5. The zero-order chi connectivity index (χ0) is 19.4. The molecule has 0 radical (unpaired) electrons. The van der Waals surface area contributed by atoms with Gasteiger partial charge in [-0.15, -0.1) is 0 Å². The zero-order valence-electron chi connectivity index (χ0n) is 14.6. The molecule has 1 atom stereocenters. The Hall–Kier alpha value is -2.57. The number of nitrogens with one attached hydrogen (secondary N) is 1. The summed E-state index contributed by atoms with van der Waals surface area (Å²) in [6, 6.07) is 16.4. The summed E-state index contributed by atoms with van der Waals surface area (Å²) in [5, 5.41) is 3.38. The van der Waals surface area contributed by atoms with Crippen molar-refractivity contribution >= 4 is 27.3 Å². The topological polar surface area (TPSA) is 76.4 Å². The van der Waals surface area contributed by atoms with Gasteiger partial charge in [0, 0.05) is 10.6 Å². The van der Waals surface area contributed by atoms with E-state index in [0.29, 0.717) is 10.6 Å². The Kier molecular flexibility index (Phi) is 5.68. The number of rotatable bonds is 6. The van der Waals surface area contributed by atoms with Crippen LogP contribution in [0.25, 0.3) is 0 Å². The summed E-state index contributed by atoms with van der Waals surface area (Å²) in [5.74, 6) is -0.809. The van der Waals surface area contributed by atoms with Crippen LogP contribution >= 0.6 is 11.6 Å². The molecule has 0 saturated carbocycles. The standard InChI is InChI=1S/C20H18ClNO4S/c1-14(15-6-5-7-17(21)12-15)22-20(23)19-16(10-11-26-19)13-27(24,25)18-8-3-2-4-9-18/h2-12,14H,13H2,1H3,(H,22,23). The van der Waals surface area contributed by atoms with Crippen LogP contribution in [0.4, 0.5) is 0 Å². The maximum Gasteiger partial charge on any atom is 0.287 e. The summed E-state index contributed by atoms with van der Waals surface area (Å²) in [4.78, 5) is 12.8. The van der Waals surface area contributed by atoms with Gasteiger partial charge in [-0.2, -0.15) is 0 Å². The lowest BCUT2D eigenvalue weighted by Crippen LogP contribution is -2.27. The van der Waals surface area contributed by atoms with E-state index in [-0.39, 0.29) is 22.5 Å². The molecule has 0 saturated heterocycles. The molecule has 5 nitrogen and oxygen atoms in total. The minimum Gasteiger partial charge on any atom is -0.459 e. The highest BCUT2D eigenvalue weighted by molar-refractivity contribution is 7.90. The fraction of sp³-hybridized carbons (Fsp3) is 0.150. The van der Waals surface area contributed by atoms with Gasteiger partial charge in [-0.05, 0) is 42.8 Å². The molecule has 1 amide bonds. The number of benzene rings is 2. The van der Waals surface area contributed by atoms with Crippen LogP contribution in [0.5, 0.6) is 0 Å². The molecule has 0 bridgehead atoms. The van der Waals surface area contributed by atoms with Gasteiger partial charge in [0.05, 0.1) is 23.0 Å². The molecule has 2 aromatic carbocycles. The lowest BCUT2D eigenvalue weighted by atomic mass is 10.1. The van der Waals surface area contributed by atoms with E-state index in [2.05, 4.69) is 5.32 Å². The molecule has 1 N–H and O–H groups in total. The lowest BCUT2D eigenvalue weighted by Gasteiger charge is -2.14. The SMILES string of the molecule is CC(NC(=O)c1occc1CS(=O)(=O)c1ccccc1)c1cccc(Cl)c1. The summed E-state index contributed by atoms with van der Waals surface area (Å²) in [6.45, 7) is 1.81. The number of carbonyl (C=O) groups excluding carboxylic acids is 1. The minimum absolute atomic E-state index is 0.0108. The molecule has 3 rings (SSSR count). The maximum absolute atomic E-state index is 12.6. The summed E-state index contributed by atoms with van der Waals surface area (Å²) in [5.41, 5.74) is 1.15. The molecule has 3 aromatic rings. The van der Waals surface area contributed by atoms with Crippen molar-refractivity contribution < 1.29 is 17.6 Å². The Balaban J connectivity index is 1.77. The smallest absolute Gasteiger partial charge is 0.287 e. The van der Waals surface area contributed by atoms with E-state index in [1.807, 2.05) is 13.0 Å². The predicted octanol–water partition coefficient (Wildman–Crippen LogP) is 4.40. The third-order valence-corrected chi connectivity index (χ3v) is 6.01. The van der Waals surface area contributed by atoms with Crippen LogP contribution in [-0.2, 0) is 15.6 Å². The largest absolute Gasteiger partial charge is 0.459 e. The van der Waals surface area contributed by atoms with Gasteiger partial charge < -0.3 is 9.73 Å². The molecule has 0 aliphatic heterocycles.